The van der Waals surface area contributed by atoms with E-state index in [4.69, 9.17) is 23.2 Å². The van der Waals surface area contributed by atoms with Gasteiger partial charge in [-0.3, -0.25) is 0 Å². The highest BCUT2D eigenvalue weighted by atomic mass is 35.5. The van der Waals surface area contributed by atoms with Crippen LogP contribution in [0.2, 0.25) is 10.0 Å². The highest BCUT2D eigenvalue weighted by Crippen LogP contribution is 2.16. The molecule has 0 atom stereocenters. The molecule has 18 heavy (non-hydrogen) atoms. The Morgan fingerprint density at radius 2 is 1.67 bits per heavy atom. The monoisotopic (exact) mass is 283 g/mol. The lowest BCUT2D eigenvalue weighted by Gasteiger charge is -2.06. The average molecular weight is 284 g/mol. The Hall–Kier alpha value is -1.09. The van der Waals surface area contributed by atoms with Crippen LogP contribution in [0.3, 0.4) is 0 Å². The van der Waals surface area contributed by atoms with E-state index < -0.39 is 5.82 Å². The van der Waals surface area contributed by atoms with Crippen molar-refractivity contribution in [1.82, 2.24) is 5.32 Å². The fourth-order valence-corrected chi connectivity index (χ4v) is 2.06. The Balaban J connectivity index is 1.90. The molecule has 0 aliphatic rings. The predicted molar refractivity (Wildman–Crippen MR) is 73.4 cm³/mol. The molecule has 0 bridgehead atoms. The largest absolute Gasteiger partial charge is 0.309 e. The Kier molecular flexibility index (Phi) is 4.59. The Labute approximate surface area is 116 Å². The molecule has 0 unspecified atom stereocenters. The molecule has 94 valence electrons. The van der Waals surface area contributed by atoms with Gasteiger partial charge in [-0.15, -0.1) is 0 Å². The summed E-state index contributed by atoms with van der Waals surface area (Å²) < 4.78 is 13.0. The van der Waals surface area contributed by atoms with Crippen LogP contribution in [0.15, 0.2) is 42.5 Å². The molecule has 0 heterocycles. The summed E-state index contributed by atoms with van der Waals surface area (Å²) in [5.74, 6) is -0.393. The van der Waals surface area contributed by atoms with E-state index in [2.05, 4.69) is 5.32 Å². The summed E-state index contributed by atoms with van der Waals surface area (Å²) in [6, 6.07) is 12.4. The minimum Gasteiger partial charge on any atom is -0.309 e. The standard InChI is InChI=1S/C14H12Cl2FN/c15-12-3-1-2-10(6-12)8-18-9-11-4-5-14(17)13(16)7-11/h1-7,18H,8-9H2. The van der Waals surface area contributed by atoms with Crippen LogP contribution in [0.4, 0.5) is 4.39 Å². The van der Waals surface area contributed by atoms with E-state index in [9.17, 15) is 4.39 Å². The van der Waals surface area contributed by atoms with Crippen molar-refractivity contribution in [2.24, 2.45) is 0 Å². The van der Waals surface area contributed by atoms with E-state index in [1.165, 1.54) is 6.07 Å². The zero-order valence-electron chi connectivity index (χ0n) is 9.59. The maximum absolute atomic E-state index is 13.0. The van der Waals surface area contributed by atoms with Crippen molar-refractivity contribution in [3.8, 4) is 0 Å². The van der Waals surface area contributed by atoms with Crippen LogP contribution in [0.25, 0.3) is 0 Å². The molecular weight excluding hydrogens is 272 g/mol. The van der Waals surface area contributed by atoms with Crippen LogP contribution in [0, 0.1) is 5.82 Å². The zero-order valence-corrected chi connectivity index (χ0v) is 11.1. The molecule has 2 rings (SSSR count). The topological polar surface area (TPSA) is 12.0 Å². The number of rotatable bonds is 4. The lowest BCUT2D eigenvalue weighted by atomic mass is 10.2. The number of hydrogen-bond donors (Lipinski definition) is 1. The lowest BCUT2D eigenvalue weighted by Crippen LogP contribution is -2.12. The van der Waals surface area contributed by atoms with E-state index in [1.54, 1.807) is 12.1 Å². The van der Waals surface area contributed by atoms with Crippen molar-refractivity contribution in [2.45, 2.75) is 13.1 Å². The molecule has 0 radical (unpaired) electrons. The third kappa shape index (κ3) is 3.70. The van der Waals surface area contributed by atoms with E-state index in [1.807, 2.05) is 24.3 Å². The van der Waals surface area contributed by atoms with Gasteiger partial charge in [0.2, 0.25) is 0 Å². The van der Waals surface area contributed by atoms with Crippen LogP contribution in [-0.2, 0) is 13.1 Å². The first kappa shape index (κ1) is 13.3. The Morgan fingerprint density at radius 3 is 2.33 bits per heavy atom. The van der Waals surface area contributed by atoms with Crippen LogP contribution in [0.1, 0.15) is 11.1 Å². The van der Waals surface area contributed by atoms with Gasteiger partial charge < -0.3 is 5.32 Å². The second-order valence-corrected chi connectivity index (χ2v) is 4.83. The maximum atomic E-state index is 13.0. The van der Waals surface area contributed by atoms with Gasteiger partial charge in [0.1, 0.15) is 5.82 Å². The normalized spacial score (nSPS) is 10.6. The molecule has 0 saturated carbocycles. The van der Waals surface area contributed by atoms with Gasteiger partial charge in [0.05, 0.1) is 5.02 Å². The molecule has 0 aromatic heterocycles. The van der Waals surface area contributed by atoms with Crippen LogP contribution in [0.5, 0.6) is 0 Å². The maximum Gasteiger partial charge on any atom is 0.141 e. The molecule has 1 N–H and O–H groups in total. The summed E-state index contributed by atoms with van der Waals surface area (Å²) >= 11 is 11.6. The van der Waals surface area contributed by atoms with Crippen molar-refractivity contribution in [3.63, 3.8) is 0 Å². The van der Waals surface area contributed by atoms with Gasteiger partial charge in [0, 0.05) is 18.1 Å². The summed E-state index contributed by atoms with van der Waals surface area (Å²) in [4.78, 5) is 0. The zero-order chi connectivity index (χ0) is 13.0. The summed E-state index contributed by atoms with van der Waals surface area (Å²) in [6.45, 7) is 1.34. The Bertz CT molecular complexity index is 543. The minimum atomic E-state index is -0.393. The third-order valence-corrected chi connectivity index (χ3v) is 3.06. The van der Waals surface area contributed by atoms with Crippen LogP contribution < -0.4 is 5.32 Å². The summed E-state index contributed by atoms with van der Waals surface area (Å²) in [6.07, 6.45) is 0. The fraction of sp³-hybridized carbons (Fsp3) is 0.143. The van der Waals surface area contributed by atoms with Gasteiger partial charge in [0.25, 0.3) is 0 Å². The van der Waals surface area contributed by atoms with E-state index >= 15 is 0 Å². The van der Waals surface area contributed by atoms with Crippen LogP contribution in [-0.4, -0.2) is 0 Å². The van der Waals surface area contributed by atoms with Crippen molar-refractivity contribution in [3.05, 3.63) is 69.5 Å². The number of hydrogen-bond acceptors (Lipinski definition) is 1. The first-order valence-electron chi connectivity index (χ1n) is 5.54. The molecule has 2 aromatic rings. The summed E-state index contributed by atoms with van der Waals surface area (Å²) in [5.41, 5.74) is 2.05. The molecule has 0 saturated heterocycles. The summed E-state index contributed by atoms with van der Waals surface area (Å²) in [5, 5.41) is 4.12. The molecule has 0 aliphatic heterocycles. The molecule has 0 amide bonds. The van der Waals surface area contributed by atoms with E-state index in [0.717, 1.165) is 16.1 Å². The molecule has 4 heteroatoms. The first-order chi connectivity index (χ1) is 8.65. The smallest absolute Gasteiger partial charge is 0.141 e. The van der Waals surface area contributed by atoms with Crippen molar-refractivity contribution in [2.75, 3.05) is 0 Å². The third-order valence-electron chi connectivity index (χ3n) is 2.53. The van der Waals surface area contributed by atoms with Crippen LogP contribution >= 0.6 is 23.2 Å². The number of nitrogens with one attached hydrogen (secondary N) is 1. The van der Waals surface area contributed by atoms with Crippen molar-refractivity contribution >= 4 is 23.2 Å². The molecular formula is C14H12Cl2FN. The lowest BCUT2D eigenvalue weighted by molar-refractivity contribution is 0.625. The summed E-state index contributed by atoms with van der Waals surface area (Å²) in [7, 11) is 0. The van der Waals surface area contributed by atoms with Gasteiger partial charge in [-0.2, -0.15) is 0 Å². The van der Waals surface area contributed by atoms with Gasteiger partial charge in [-0.25, -0.2) is 4.39 Å². The van der Waals surface area contributed by atoms with Crippen molar-refractivity contribution in [1.29, 1.82) is 0 Å². The molecule has 0 aliphatic carbocycles. The Morgan fingerprint density at radius 1 is 0.944 bits per heavy atom. The SMILES string of the molecule is Fc1ccc(CNCc2cccc(Cl)c2)cc1Cl. The van der Waals surface area contributed by atoms with E-state index in [-0.39, 0.29) is 5.02 Å². The molecule has 2 aromatic carbocycles. The predicted octanol–water partition coefficient (Wildman–Crippen LogP) is 4.42. The minimum absolute atomic E-state index is 0.150. The van der Waals surface area contributed by atoms with Gasteiger partial charge in [-0.05, 0) is 35.4 Å². The quantitative estimate of drug-likeness (QED) is 0.876. The molecule has 0 spiro atoms. The highest BCUT2D eigenvalue weighted by molar-refractivity contribution is 6.31. The van der Waals surface area contributed by atoms with E-state index in [0.29, 0.717) is 13.1 Å². The average Bonchev–Trinajstić information content (AvgIpc) is 2.34. The molecule has 0 fully saturated rings. The first-order valence-corrected chi connectivity index (χ1v) is 6.30. The van der Waals surface area contributed by atoms with Crippen molar-refractivity contribution < 1.29 is 4.39 Å². The number of benzene rings is 2. The highest BCUT2D eigenvalue weighted by Gasteiger charge is 2.00. The second kappa shape index (κ2) is 6.19. The molecule has 1 nitrogen and oxygen atoms in total. The number of halogens is 3. The fourth-order valence-electron chi connectivity index (χ4n) is 1.65. The van der Waals surface area contributed by atoms with Gasteiger partial charge in [0.15, 0.2) is 0 Å². The van der Waals surface area contributed by atoms with Gasteiger partial charge >= 0.3 is 0 Å². The second-order valence-electron chi connectivity index (χ2n) is 3.98. The van der Waals surface area contributed by atoms with Gasteiger partial charge in [-0.1, -0.05) is 41.4 Å².